The average molecular weight is 291 g/mol. The van der Waals surface area contributed by atoms with Gasteiger partial charge in [0.15, 0.2) is 0 Å². The van der Waals surface area contributed by atoms with Crippen LogP contribution < -0.4 is 11.1 Å². The number of hydrogen-bond acceptors (Lipinski definition) is 3. The minimum Gasteiger partial charge on any atom is -0.469 e. The molecule has 3 N–H and O–H groups in total. The van der Waals surface area contributed by atoms with Crippen LogP contribution in [0, 0.1) is 5.41 Å². The number of amides is 2. The highest BCUT2D eigenvalue weighted by molar-refractivity contribution is 5.72. The van der Waals surface area contributed by atoms with Gasteiger partial charge in [-0.15, -0.1) is 0 Å². The Kier molecular flexibility index (Phi) is 3.69. The summed E-state index contributed by atoms with van der Waals surface area (Å²) in [6, 6.07) is 2.60. The number of carbonyl (C=O) groups excluding carboxylic acids is 1. The first-order valence-corrected chi connectivity index (χ1v) is 7.81. The fourth-order valence-electron chi connectivity index (χ4n) is 3.67. The lowest BCUT2D eigenvalue weighted by Gasteiger charge is -2.39. The second kappa shape index (κ2) is 5.37. The van der Waals surface area contributed by atoms with Gasteiger partial charge in [0.05, 0.1) is 6.26 Å². The van der Waals surface area contributed by atoms with E-state index in [1.165, 1.54) is 5.56 Å². The predicted octanol–water partition coefficient (Wildman–Crippen LogP) is 2.43. The number of urea groups is 1. The van der Waals surface area contributed by atoms with Gasteiger partial charge < -0.3 is 20.4 Å². The number of rotatable bonds is 2. The monoisotopic (exact) mass is 291 g/mol. The lowest BCUT2D eigenvalue weighted by molar-refractivity contribution is 0.172. The normalized spacial score (nSPS) is 25.6. The molecule has 1 saturated heterocycles. The summed E-state index contributed by atoms with van der Waals surface area (Å²) in [6.45, 7) is 6.09. The number of carbonyl (C=O) groups is 1. The highest BCUT2D eigenvalue weighted by atomic mass is 16.3. The molecule has 2 aliphatic rings. The van der Waals surface area contributed by atoms with Crippen molar-refractivity contribution in [3.63, 3.8) is 0 Å². The molecule has 0 radical (unpaired) electrons. The Hall–Kier alpha value is -1.49. The third-order valence-corrected chi connectivity index (χ3v) is 4.79. The van der Waals surface area contributed by atoms with E-state index in [1.54, 1.807) is 11.2 Å². The molecule has 3 rings (SSSR count). The molecule has 1 atom stereocenters. The van der Waals surface area contributed by atoms with Crippen molar-refractivity contribution in [2.24, 2.45) is 11.1 Å². The third kappa shape index (κ3) is 3.07. The van der Waals surface area contributed by atoms with Crippen LogP contribution in [0.25, 0.3) is 0 Å². The van der Waals surface area contributed by atoms with Gasteiger partial charge in [0, 0.05) is 37.2 Å². The van der Waals surface area contributed by atoms with Gasteiger partial charge in [-0.3, -0.25) is 0 Å². The summed E-state index contributed by atoms with van der Waals surface area (Å²) in [5.74, 6) is 1.12. The number of nitrogens with one attached hydrogen (secondary N) is 1. The van der Waals surface area contributed by atoms with Crippen molar-refractivity contribution in [2.75, 3.05) is 13.1 Å². The van der Waals surface area contributed by atoms with Gasteiger partial charge in [0.25, 0.3) is 0 Å². The van der Waals surface area contributed by atoms with E-state index < -0.39 is 0 Å². The minimum absolute atomic E-state index is 0.260. The minimum atomic E-state index is -0.302. The number of nitrogens with two attached hydrogens (primary N) is 1. The van der Waals surface area contributed by atoms with Gasteiger partial charge in [-0.05, 0) is 30.7 Å². The Balaban J connectivity index is 1.65. The highest BCUT2D eigenvalue weighted by Crippen LogP contribution is 2.41. The van der Waals surface area contributed by atoms with E-state index in [-0.39, 0.29) is 11.4 Å². The molecule has 5 heteroatoms. The Morgan fingerprint density at radius 1 is 1.43 bits per heavy atom. The van der Waals surface area contributed by atoms with Crippen molar-refractivity contribution in [1.29, 1.82) is 0 Å². The largest absolute Gasteiger partial charge is 0.469 e. The average Bonchev–Trinajstić information content (AvgIpc) is 2.86. The molecule has 1 aromatic heterocycles. The summed E-state index contributed by atoms with van der Waals surface area (Å²) in [5.41, 5.74) is 6.91. The van der Waals surface area contributed by atoms with E-state index in [9.17, 15) is 4.79 Å². The zero-order valence-electron chi connectivity index (χ0n) is 12.9. The van der Waals surface area contributed by atoms with Crippen LogP contribution in [0.2, 0.25) is 0 Å². The van der Waals surface area contributed by atoms with Crippen LogP contribution in [0.15, 0.2) is 16.7 Å². The van der Waals surface area contributed by atoms with Gasteiger partial charge in [-0.1, -0.05) is 13.8 Å². The summed E-state index contributed by atoms with van der Waals surface area (Å²) in [7, 11) is 0. The zero-order chi connectivity index (χ0) is 15.0. The fraction of sp³-hybridized carbons (Fsp3) is 0.688. The summed E-state index contributed by atoms with van der Waals surface area (Å²) in [4.78, 5) is 12.9. The molecule has 1 aliphatic carbocycles. The van der Waals surface area contributed by atoms with Crippen molar-refractivity contribution >= 4 is 6.03 Å². The van der Waals surface area contributed by atoms with Crippen LogP contribution >= 0.6 is 0 Å². The number of primary amides is 1. The Morgan fingerprint density at radius 3 is 2.81 bits per heavy atom. The van der Waals surface area contributed by atoms with E-state index >= 15 is 0 Å². The number of piperidine rings is 1. The molecule has 1 aliphatic heterocycles. The van der Waals surface area contributed by atoms with Gasteiger partial charge in [-0.2, -0.15) is 0 Å². The maximum atomic E-state index is 11.2. The van der Waals surface area contributed by atoms with Crippen molar-refractivity contribution in [3.05, 3.63) is 23.7 Å². The Morgan fingerprint density at radius 2 is 2.14 bits per heavy atom. The van der Waals surface area contributed by atoms with Crippen molar-refractivity contribution in [1.82, 2.24) is 10.2 Å². The number of hydrogen-bond donors (Lipinski definition) is 2. The lowest BCUT2D eigenvalue weighted by atomic mass is 9.74. The van der Waals surface area contributed by atoms with E-state index in [1.807, 2.05) is 0 Å². The van der Waals surface area contributed by atoms with Crippen LogP contribution in [0.4, 0.5) is 4.79 Å². The van der Waals surface area contributed by atoms with Crippen molar-refractivity contribution in [2.45, 2.75) is 51.6 Å². The first kappa shape index (κ1) is 14.4. The third-order valence-electron chi connectivity index (χ3n) is 4.79. The quantitative estimate of drug-likeness (QED) is 0.879. The molecule has 0 unspecified atom stereocenters. The smallest absolute Gasteiger partial charge is 0.314 e. The molecule has 0 spiro atoms. The van der Waals surface area contributed by atoms with Crippen LogP contribution in [0.1, 0.15) is 50.5 Å². The molecule has 5 nitrogen and oxygen atoms in total. The first-order chi connectivity index (χ1) is 9.94. The lowest BCUT2D eigenvalue weighted by Crippen LogP contribution is -2.48. The second-order valence-electron chi connectivity index (χ2n) is 7.16. The molecule has 2 heterocycles. The first-order valence-electron chi connectivity index (χ1n) is 7.81. The van der Waals surface area contributed by atoms with E-state index in [2.05, 4.69) is 25.2 Å². The molecule has 2 amide bonds. The van der Waals surface area contributed by atoms with Gasteiger partial charge >= 0.3 is 6.03 Å². The molecule has 21 heavy (non-hydrogen) atoms. The number of fused-ring (bicyclic) bond motifs is 1. The zero-order valence-corrected chi connectivity index (χ0v) is 12.9. The molecule has 0 bridgehead atoms. The Labute approximate surface area is 125 Å². The topological polar surface area (TPSA) is 71.5 Å². The van der Waals surface area contributed by atoms with Crippen LogP contribution in [-0.2, 0) is 6.42 Å². The molecular weight excluding hydrogens is 266 g/mol. The molecule has 1 fully saturated rings. The maximum Gasteiger partial charge on any atom is 0.314 e. The van der Waals surface area contributed by atoms with Crippen molar-refractivity contribution < 1.29 is 9.21 Å². The second-order valence-corrected chi connectivity index (χ2v) is 7.16. The van der Waals surface area contributed by atoms with Crippen molar-refractivity contribution in [3.8, 4) is 0 Å². The van der Waals surface area contributed by atoms with Crippen LogP contribution in [0.3, 0.4) is 0 Å². The summed E-state index contributed by atoms with van der Waals surface area (Å²) in [5, 5.41) is 3.78. The SMILES string of the molecule is CC1(C)Cc2occc2[C@H](NC2CCN(C(N)=O)CC2)C1. The number of nitrogens with zero attached hydrogens (tertiary/aromatic N) is 1. The summed E-state index contributed by atoms with van der Waals surface area (Å²) < 4.78 is 5.65. The van der Waals surface area contributed by atoms with E-state index in [0.29, 0.717) is 12.1 Å². The van der Waals surface area contributed by atoms with Gasteiger partial charge in [-0.25, -0.2) is 4.79 Å². The standard InChI is InChI=1S/C16H25N3O2/c1-16(2)9-13(12-5-8-21-14(12)10-16)18-11-3-6-19(7-4-11)15(17)20/h5,8,11,13,18H,3-4,6-7,9-10H2,1-2H3,(H2,17,20)/t13-/m1/s1. The van der Waals surface area contributed by atoms with Gasteiger partial charge in [0.1, 0.15) is 5.76 Å². The fourth-order valence-corrected chi connectivity index (χ4v) is 3.67. The van der Waals surface area contributed by atoms with E-state index in [4.69, 9.17) is 10.2 Å². The highest BCUT2D eigenvalue weighted by Gasteiger charge is 2.35. The van der Waals surface area contributed by atoms with E-state index in [0.717, 1.165) is 44.5 Å². The maximum absolute atomic E-state index is 11.2. The molecule has 0 saturated carbocycles. The van der Waals surface area contributed by atoms with Crippen LogP contribution in [-0.4, -0.2) is 30.1 Å². The number of likely N-dealkylation sites (tertiary alicyclic amines) is 1. The summed E-state index contributed by atoms with van der Waals surface area (Å²) >= 11 is 0. The Bertz CT molecular complexity index is 515. The van der Waals surface area contributed by atoms with Crippen LogP contribution in [0.5, 0.6) is 0 Å². The number of furan rings is 1. The molecule has 0 aromatic carbocycles. The molecule has 116 valence electrons. The molecular formula is C16H25N3O2. The molecule has 1 aromatic rings. The predicted molar refractivity (Wildman–Crippen MR) is 80.9 cm³/mol. The summed E-state index contributed by atoms with van der Waals surface area (Å²) in [6.07, 6.45) is 5.86. The van der Waals surface area contributed by atoms with Gasteiger partial charge in [0.2, 0.25) is 0 Å².